The molecule has 0 aliphatic carbocycles. The number of nitro benzene ring substituents is 1. The average Bonchev–Trinajstić information content (AvgIpc) is 2.55. The Bertz CT molecular complexity index is 740. The molecule has 0 aliphatic rings. The fourth-order valence-corrected chi connectivity index (χ4v) is 2.11. The number of rotatable bonds is 6. The molecule has 0 spiro atoms. The van der Waals surface area contributed by atoms with Crippen LogP contribution in [-0.4, -0.2) is 16.7 Å². The van der Waals surface area contributed by atoms with Gasteiger partial charge in [0.15, 0.2) is 0 Å². The van der Waals surface area contributed by atoms with Crippen molar-refractivity contribution >= 4 is 17.4 Å². The lowest BCUT2D eigenvalue weighted by atomic mass is 10.0. The summed E-state index contributed by atoms with van der Waals surface area (Å²) in [5.74, 6) is -1.68. The zero-order chi connectivity index (χ0) is 16.8. The lowest BCUT2D eigenvalue weighted by molar-refractivity contribution is -0.385. The minimum absolute atomic E-state index is 0.0132. The van der Waals surface area contributed by atoms with Gasteiger partial charge in [-0.3, -0.25) is 14.9 Å². The summed E-state index contributed by atoms with van der Waals surface area (Å²) in [5, 5.41) is 10.9. The molecule has 0 heterocycles. The van der Waals surface area contributed by atoms with E-state index in [2.05, 4.69) is 0 Å². The molecule has 6 heteroatoms. The first-order valence-corrected chi connectivity index (χ1v) is 6.96. The van der Waals surface area contributed by atoms with Gasteiger partial charge < -0.3 is 4.74 Å². The van der Waals surface area contributed by atoms with Gasteiger partial charge >= 0.3 is 5.97 Å². The highest BCUT2D eigenvalue weighted by Crippen LogP contribution is 2.21. The van der Waals surface area contributed by atoms with Gasteiger partial charge in [-0.25, -0.2) is 4.79 Å². The molecule has 0 bridgehead atoms. The minimum Gasteiger partial charge on any atom is -0.455 e. The first kappa shape index (κ1) is 16.4. The molecule has 0 saturated carbocycles. The standard InChI is InChI=1S/C17H15NO5/c1-12-14(8-5-9-15(12)18(21)22)10-16(19)17(20)23-11-13-6-3-2-4-7-13/h2-9H,10-11H2,1H3. The first-order valence-electron chi connectivity index (χ1n) is 6.96. The number of hydrogen-bond donors (Lipinski definition) is 0. The van der Waals surface area contributed by atoms with Gasteiger partial charge in [-0.05, 0) is 18.1 Å². The van der Waals surface area contributed by atoms with Crippen molar-refractivity contribution in [3.8, 4) is 0 Å². The molecule has 0 radical (unpaired) electrons. The quantitative estimate of drug-likeness (QED) is 0.354. The minimum atomic E-state index is -0.945. The molecule has 0 aliphatic heterocycles. The predicted octanol–water partition coefficient (Wildman–Crippen LogP) is 2.76. The Morgan fingerprint density at radius 3 is 2.43 bits per heavy atom. The number of esters is 1. The largest absolute Gasteiger partial charge is 0.455 e. The fraction of sp³-hybridized carbons (Fsp3) is 0.176. The lowest BCUT2D eigenvalue weighted by Crippen LogP contribution is -2.20. The maximum Gasteiger partial charge on any atom is 0.375 e. The molecule has 0 amide bonds. The highest BCUT2D eigenvalue weighted by atomic mass is 16.6. The SMILES string of the molecule is Cc1c(CC(=O)C(=O)OCc2ccccc2)cccc1[N+](=O)[O-]. The number of carbonyl (C=O) groups excluding carboxylic acids is 2. The third-order valence-electron chi connectivity index (χ3n) is 3.41. The summed E-state index contributed by atoms with van der Waals surface area (Å²) in [7, 11) is 0. The molecule has 118 valence electrons. The molecule has 0 unspecified atom stereocenters. The maximum absolute atomic E-state index is 11.9. The molecule has 0 atom stereocenters. The van der Waals surface area contributed by atoms with E-state index in [1.54, 1.807) is 37.3 Å². The van der Waals surface area contributed by atoms with Crippen LogP contribution in [0.2, 0.25) is 0 Å². The number of Topliss-reactive ketones (excluding diaryl/α,β-unsaturated/α-hetero) is 1. The van der Waals surface area contributed by atoms with Gasteiger partial charge in [0.1, 0.15) is 6.61 Å². The third kappa shape index (κ3) is 4.23. The van der Waals surface area contributed by atoms with Crippen LogP contribution >= 0.6 is 0 Å². The summed E-state index contributed by atoms with van der Waals surface area (Å²) >= 11 is 0. The van der Waals surface area contributed by atoms with Gasteiger partial charge in [-0.15, -0.1) is 0 Å². The second-order valence-corrected chi connectivity index (χ2v) is 4.98. The molecule has 0 fully saturated rings. The molecule has 6 nitrogen and oxygen atoms in total. The molecule has 0 saturated heterocycles. The number of ketones is 1. The maximum atomic E-state index is 11.9. The average molecular weight is 313 g/mol. The Kier molecular flexibility index (Phi) is 5.19. The number of nitrogens with zero attached hydrogens (tertiary/aromatic N) is 1. The molecule has 23 heavy (non-hydrogen) atoms. The van der Waals surface area contributed by atoms with Gasteiger partial charge in [0.05, 0.1) is 4.92 Å². The fourth-order valence-electron chi connectivity index (χ4n) is 2.11. The Hall–Kier alpha value is -3.02. The number of ether oxygens (including phenoxy) is 1. The van der Waals surface area contributed by atoms with Gasteiger partial charge in [0, 0.05) is 18.1 Å². The highest BCUT2D eigenvalue weighted by molar-refractivity contribution is 6.34. The second-order valence-electron chi connectivity index (χ2n) is 4.98. The van der Waals surface area contributed by atoms with E-state index < -0.39 is 16.7 Å². The van der Waals surface area contributed by atoms with Crippen LogP contribution in [0.1, 0.15) is 16.7 Å². The van der Waals surface area contributed by atoms with Crippen LogP contribution in [0.5, 0.6) is 0 Å². The van der Waals surface area contributed by atoms with Crippen LogP contribution in [0.3, 0.4) is 0 Å². The van der Waals surface area contributed by atoms with Crippen LogP contribution in [0.4, 0.5) is 5.69 Å². The van der Waals surface area contributed by atoms with Crippen LogP contribution in [0.15, 0.2) is 48.5 Å². The Balaban J connectivity index is 2.00. The number of carbonyl (C=O) groups is 2. The smallest absolute Gasteiger partial charge is 0.375 e. The molecule has 2 rings (SSSR count). The van der Waals surface area contributed by atoms with E-state index in [4.69, 9.17) is 4.74 Å². The highest BCUT2D eigenvalue weighted by Gasteiger charge is 2.20. The first-order chi connectivity index (χ1) is 11.0. The van der Waals surface area contributed by atoms with Crippen molar-refractivity contribution in [1.82, 2.24) is 0 Å². The lowest BCUT2D eigenvalue weighted by Gasteiger charge is -2.06. The summed E-state index contributed by atoms with van der Waals surface area (Å²) in [6.45, 7) is 1.56. The molecular weight excluding hydrogens is 298 g/mol. The summed E-state index contributed by atoms with van der Waals surface area (Å²) in [4.78, 5) is 34.0. The Morgan fingerprint density at radius 2 is 1.78 bits per heavy atom. The summed E-state index contributed by atoms with van der Waals surface area (Å²) < 4.78 is 4.96. The monoisotopic (exact) mass is 313 g/mol. The van der Waals surface area contributed by atoms with E-state index in [-0.39, 0.29) is 18.7 Å². The van der Waals surface area contributed by atoms with Crippen molar-refractivity contribution in [2.75, 3.05) is 0 Å². The van der Waals surface area contributed by atoms with E-state index in [9.17, 15) is 19.7 Å². The predicted molar refractivity (Wildman–Crippen MR) is 82.8 cm³/mol. The van der Waals surface area contributed by atoms with Crippen molar-refractivity contribution in [2.24, 2.45) is 0 Å². The van der Waals surface area contributed by atoms with Gasteiger partial charge in [-0.2, -0.15) is 0 Å². The molecule has 0 aromatic heterocycles. The molecule has 2 aromatic rings. The number of nitro groups is 1. The van der Waals surface area contributed by atoms with Gasteiger partial charge in [-0.1, -0.05) is 42.5 Å². The van der Waals surface area contributed by atoms with Crippen molar-refractivity contribution in [1.29, 1.82) is 0 Å². The van der Waals surface area contributed by atoms with E-state index in [0.717, 1.165) is 5.56 Å². The van der Waals surface area contributed by atoms with Crippen molar-refractivity contribution < 1.29 is 19.2 Å². The number of benzene rings is 2. The van der Waals surface area contributed by atoms with Crippen LogP contribution in [-0.2, 0) is 27.4 Å². The summed E-state index contributed by atoms with van der Waals surface area (Å²) in [5.41, 5.74) is 1.52. The van der Waals surface area contributed by atoms with Crippen LogP contribution in [0, 0.1) is 17.0 Å². The van der Waals surface area contributed by atoms with Gasteiger partial charge in [0.25, 0.3) is 5.69 Å². The normalized spacial score (nSPS) is 10.1. The molecule has 0 N–H and O–H groups in total. The third-order valence-corrected chi connectivity index (χ3v) is 3.41. The van der Waals surface area contributed by atoms with Crippen molar-refractivity contribution in [3.63, 3.8) is 0 Å². The summed E-state index contributed by atoms with van der Waals surface area (Å²) in [6.07, 6.45) is -0.221. The zero-order valence-electron chi connectivity index (χ0n) is 12.5. The van der Waals surface area contributed by atoms with E-state index in [1.807, 2.05) is 6.07 Å². The van der Waals surface area contributed by atoms with Crippen molar-refractivity contribution in [2.45, 2.75) is 20.0 Å². The van der Waals surface area contributed by atoms with Crippen LogP contribution < -0.4 is 0 Å². The number of hydrogen-bond acceptors (Lipinski definition) is 5. The van der Waals surface area contributed by atoms with E-state index in [0.29, 0.717) is 11.1 Å². The Morgan fingerprint density at radius 1 is 1.09 bits per heavy atom. The zero-order valence-corrected chi connectivity index (χ0v) is 12.5. The van der Waals surface area contributed by atoms with Crippen LogP contribution in [0.25, 0.3) is 0 Å². The van der Waals surface area contributed by atoms with E-state index >= 15 is 0 Å². The summed E-state index contributed by atoms with van der Waals surface area (Å²) in [6, 6.07) is 13.4. The molecular formula is C17H15NO5. The van der Waals surface area contributed by atoms with E-state index in [1.165, 1.54) is 12.1 Å². The molecule has 2 aromatic carbocycles. The topological polar surface area (TPSA) is 86.5 Å². The van der Waals surface area contributed by atoms with Crippen molar-refractivity contribution in [3.05, 3.63) is 75.3 Å². The Labute approximate surface area is 132 Å². The second kappa shape index (κ2) is 7.31. The van der Waals surface area contributed by atoms with Gasteiger partial charge in [0.2, 0.25) is 5.78 Å².